The van der Waals surface area contributed by atoms with Gasteiger partial charge in [0.1, 0.15) is 5.82 Å². The third kappa shape index (κ3) is 3.60. The molecule has 2 aromatic rings. The Morgan fingerprint density at radius 1 is 1.13 bits per heavy atom. The normalized spacial score (nSPS) is 26.0. The number of benzene rings is 2. The molecule has 0 radical (unpaired) electrons. The Morgan fingerprint density at radius 3 is 2.37 bits per heavy atom. The first kappa shape index (κ1) is 20.8. The van der Waals surface area contributed by atoms with E-state index in [0.29, 0.717) is 17.8 Å². The van der Waals surface area contributed by atoms with Gasteiger partial charge in [0.2, 0.25) is 5.91 Å². The number of rotatable bonds is 6. The second kappa shape index (κ2) is 7.08. The summed E-state index contributed by atoms with van der Waals surface area (Å²) in [5.74, 6) is -0.631. The van der Waals surface area contributed by atoms with Crippen molar-refractivity contribution in [3.05, 3.63) is 65.5 Å². The van der Waals surface area contributed by atoms with Crippen LogP contribution in [0.5, 0.6) is 0 Å². The van der Waals surface area contributed by atoms with Crippen LogP contribution in [-0.2, 0) is 17.5 Å². The molecule has 0 spiro atoms. The van der Waals surface area contributed by atoms with Gasteiger partial charge in [0.25, 0.3) is 0 Å². The summed E-state index contributed by atoms with van der Waals surface area (Å²) >= 11 is 0. The molecule has 1 amide bonds. The maximum atomic E-state index is 13.0. The summed E-state index contributed by atoms with van der Waals surface area (Å²) < 4.78 is 51.9. The summed E-state index contributed by atoms with van der Waals surface area (Å²) in [7, 11) is 1.94. The summed E-state index contributed by atoms with van der Waals surface area (Å²) in [6, 6.07) is 11.1. The zero-order valence-electron chi connectivity index (χ0n) is 16.9. The van der Waals surface area contributed by atoms with Gasteiger partial charge in [0.05, 0.1) is 5.56 Å². The Labute approximate surface area is 173 Å². The van der Waals surface area contributed by atoms with Gasteiger partial charge in [0.15, 0.2) is 0 Å². The van der Waals surface area contributed by atoms with E-state index in [2.05, 4.69) is 10.2 Å². The van der Waals surface area contributed by atoms with Crippen LogP contribution in [0.15, 0.2) is 48.5 Å². The molecule has 7 heteroatoms. The van der Waals surface area contributed by atoms with Crippen LogP contribution in [0.1, 0.15) is 37.3 Å². The van der Waals surface area contributed by atoms with E-state index in [9.17, 15) is 22.4 Å². The number of carbonyl (C=O) groups is 1. The van der Waals surface area contributed by atoms with Crippen molar-refractivity contribution in [1.82, 2.24) is 4.90 Å². The van der Waals surface area contributed by atoms with E-state index in [-0.39, 0.29) is 28.6 Å². The first-order chi connectivity index (χ1) is 14.0. The second-order valence-corrected chi connectivity index (χ2v) is 8.89. The number of hydrogen-bond donors (Lipinski definition) is 1. The maximum absolute atomic E-state index is 13.0. The molecule has 0 heterocycles. The number of amides is 1. The highest BCUT2D eigenvalue weighted by atomic mass is 19.4. The maximum Gasteiger partial charge on any atom is 0.416 e. The molecule has 3 aliphatic rings. The van der Waals surface area contributed by atoms with Gasteiger partial charge in [0, 0.05) is 23.7 Å². The van der Waals surface area contributed by atoms with Gasteiger partial charge in [-0.15, -0.1) is 0 Å². The van der Waals surface area contributed by atoms with E-state index in [1.54, 1.807) is 6.07 Å². The molecule has 30 heavy (non-hydrogen) atoms. The van der Waals surface area contributed by atoms with Crippen LogP contribution in [0.3, 0.4) is 0 Å². The van der Waals surface area contributed by atoms with Crippen molar-refractivity contribution in [3.63, 3.8) is 0 Å². The molecule has 3 fully saturated rings. The van der Waals surface area contributed by atoms with Gasteiger partial charge in [-0.3, -0.25) is 9.69 Å². The second-order valence-electron chi connectivity index (χ2n) is 8.89. The topological polar surface area (TPSA) is 32.3 Å². The molecule has 0 aliphatic heterocycles. The van der Waals surface area contributed by atoms with E-state index >= 15 is 0 Å². The van der Waals surface area contributed by atoms with Crippen molar-refractivity contribution < 1.29 is 22.4 Å². The molecule has 1 atom stereocenters. The molecule has 2 aromatic carbocycles. The zero-order valence-corrected chi connectivity index (χ0v) is 16.9. The molecular weight excluding hydrogens is 396 g/mol. The molecule has 3 nitrogen and oxygen atoms in total. The SMILES string of the molecule is CC(C(=O)Nc1ccc(F)cc1)C12CC(N(C)Cc3cccc(C(F)(F)F)c3)(C1)C2. The van der Waals surface area contributed by atoms with E-state index in [1.165, 1.54) is 36.4 Å². The average molecular weight is 420 g/mol. The molecular formula is C23H24F4N2O. The molecule has 160 valence electrons. The van der Waals surface area contributed by atoms with Crippen molar-refractivity contribution in [1.29, 1.82) is 0 Å². The summed E-state index contributed by atoms with van der Waals surface area (Å²) in [5.41, 5.74) is 0.461. The minimum atomic E-state index is -4.34. The smallest absolute Gasteiger partial charge is 0.326 e. The van der Waals surface area contributed by atoms with Crippen LogP contribution >= 0.6 is 0 Å². The number of alkyl halides is 3. The fourth-order valence-corrected chi connectivity index (χ4v) is 5.02. The highest BCUT2D eigenvalue weighted by Gasteiger charge is 2.71. The van der Waals surface area contributed by atoms with Crippen molar-refractivity contribution in [2.24, 2.45) is 11.3 Å². The minimum absolute atomic E-state index is 0.0430. The van der Waals surface area contributed by atoms with Crippen molar-refractivity contribution in [2.75, 3.05) is 12.4 Å². The summed E-state index contributed by atoms with van der Waals surface area (Å²) in [4.78, 5) is 14.8. The van der Waals surface area contributed by atoms with Crippen LogP contribution in [-0.4, -0.2) is 23.4 Å². The number of nitrogens with zero attached hydrogens (tertiary/aromatic N) is 1. The van der Waals surface area contributed by atoms with Crippen molar-refractivity contribution in [3.8, 4) is 0 Å². The number of hydrogen-bond acceptors (Lipinski definition) is 2. The van der Waals surface area contributed by atoms with Gasteiger partial charge in [-0.05, 0) is 67.6 Å². The molecule has 1 N–H and O–H groups in total. The molecule has 3 saturated carbocycles. The lowest BCUT2D eigenvalue weighted by Gasteiger charge is -2.75. The van der Waals surface area contributed by atoms with Gasteiger partial charge in [-0.2, -0.15) is 13.2 Å². The molecule has 3 aliphatic carbocycles. The first-order valence-corrected chi connectivity index (χ1v) is 9.97. The fraction of sp³-hybridized carbons (Fsp3) is 0.435. The van der Waals surface area contributed by atoms with Crippen LogP contribution in [0.2, 0.25) is 0 Å². The predicted molar refractivity (Wildman–Crippen MR) is 106 cm³/mol. The van der Waals surface area contributed by atoms with E-state index in [4.69, 9.17) is 0 Å². The Kier molecular flexibility index (Phi) is 4.92. The molecule has 5 rings (SSSR count). The third-order valence-corrected chi connectivity index (χ3v) is 6.95. The van der Waals surface area contributed by atoms with Crippen LogP contribution in [0.25, 0.3) is 0 Å². The Morgan fingerprint density at radius 2 is 1.77 bits per heavy atom. The number of carbonyl (C=O) groups excluding carboxylic acids is 1. The lowest BCUT2D eigenvalue weighted by Crippen LogP contribution is -2.76. The van der Waals surface area contributed by atoms with Crippen LogP contribution < -0.4 is 5.32 Å². The first-order valence-electron chi connectivity index (χ1n) is 9.97. The van der Waals surface area contributed by atoms with Gasteiger partial charge < -0.3 is 5.32 Å². The molecule has 0 aromatic heterocycles. The summed E-state index contributed by atoms with van der Waals surface area (Å²) in [5, 5.41) is 2.84. The third-order valence-electron chi connectivity index (χ3n) is 6.95. The highest BCUT2D eigenvalue weighted by molar-refractivity contribution is 5.93. The number of anilines is 1. The molecule has 0 saturated heterocycles. The fourth-order valence-electron chi connectivity index (χ4n) is 5.02. The van der Waals surface area contributed by atoms with Crippen LogP contribution in [0, 0.1) is 17.2 Å². The van der Waals surface area contributed by atoms with E-state index < -0.39 is 11.7 Å². The van der Waals surface area contributed by atoms with Gasteiger partial charge >= 0.3 is 6.18 Å². The summed E-state index contributed by atoms with van der Waals surface area (Å²) in [6.07, 6.45) is -1.78. The Balaban J connectivity index is 1.34. The molecule has 1 unspecified atom stereocenters. The van der Waals surface area contributed by atoms with Gasteiger partial charge in [-0.1, -0.05) is 25.1 Å². The van der Waals surface area contributed by atoms with Crippen LogP contribution in [0.4, 0.5) is 23.2 Å². The Hall–Kier alpha value is -2.41. The largest absolute Gasteiger partial charge is 0.416 e. The standard InChI is InChI=1S/C23H24F4N2O/c1-15(20(30)28-19-8-6-18(24)7-9-19)21-12-22(13-21,14-21)29(2)11-16-4-3-5-17(10-16)23(25,26)27/h3-10,15H,11-14H2,1-2H3,(H,28,30). The van der Waals surface area contributed by atoms with Crippen molar-refractivity contribution in [2.45, 2.75) is 44.4 Å². The quantitative estimate of drug-likeness (QED) is 0.628. The number of nitrogens with one attached hydrogen (secondary N) is 1. The van der Waals surface area contributed by atoms with E-state index in [1.807, 2.05) is 14.0 Å². The zero-order chi connectivity index (χ0) is 21.7. The minimum Gasteiger partial charge on any atom is -0.326 e. The van der Waals surface area contributed by atoms with Gasteiger partial charge in [-0.25, -0.2) is 4.39 Å². The molecule has 2 bridgehead atoms. The number of halogens is 4. The summed E-state index contributed by atoms with van der Waals surface area (Å²) in [6.45, 7) is 2.35. The predicted octanol–water partition coefficient (Wildman–Crippen LogP) is 5.47. The monoisotopic (exact) mass is 420 g/mol. The van der Waals surface area contributed by atoms with E-state index in [0.717, 1.165) is 25.3 Å². The lowest BCUT2D eigenvalue weighted by atomic mass is 9.35. The highest BCUT2D eigenvalue weighted by Crippen LogP contribution is 2.72. The Bertz CT molecular complexity index is 935. The average Bonchev–Trinajstić information content (AvgIpc) is 2.60. The lowest BCUT2D eigenvalue weighted by molar-refractivity contribution is -0.237. The van der Waals surface area contributed by atoms with Crippen molar-refractivity contribution >= 4 is 11.6 Å².